The number of aromatic amines is 1. The van der Waals surface area contributed by atoms with Gasteiger partial charge in [-0.15, -0.1) is 11.3 Å². The van der Waals surface area contributed by atoms with E-state index in [0.717, 1.165) is 36.1 Å². The third kappa shape index (κ3) is 2.23. The zero-order chi connectivity index (χ0) is 14.2. The summed E-state index contributed by atoms with van der Waals surface area (Å²) >= 11 is 1.75. The predicted octanol–water partition coefficient (Wildman–Crippen LogP) is 2.75. The van der Waals surface area contributed by atoms with Gasteiger partial charge in [0.25, 0.3) is 0 Å². The van der Waals surface area contributed by atoms with E-state index in [1.165, 1.54) is 10.4 Å². The number of hydrogen-bond acceptors (Lipinski definition) is 3. The minimum absolute atomic E-state index is 0.193. The molecule has 0 aliphatic carbocycles. The predicted molar refractivity (Wildman–Crippen MR) is 83.2 cm³/mol. The van der Waals surface area contributed by atoms with E-state index in [-0.39, 0.29) is 5.91 Å². The zero-order valence-electron chi connectivity index (χ0n) is 11.5. The summed E-state index contributed by atoms with van der Waals surface area (Å²) in [4.78, 5) is 23.2. The molecule has 1 aliphatic heterocycles. The van der Waals surface area contributed by atoms with Gasteiger partial charge >= 0.3 is 0 Å². The van der Waals surface area contributed by atoms with E-state index in [1.807, 2.05) is 23.2 Å². The van der Waals surface area contributed by atoms with Crippen LogP contribution in [0.1, 0.15) is 16.0 Å². The van der Waals surface area contributed by atoms with Crippen molar-refractivity contribution in [2.75, 3.05) is 6.54 Å². The minimum atomic E-state index is 0.193. The van der Waals surface area contributed by atoms with Crippen molar-refractivity contribution in [1.29, 1.82) is 0 Å². The Morgan fingerprint density at radius 2 is 2.38 bits per heavy atom. The molecule has 4 heterocycles. The number of pyridine rings is 1. The number of H-pyrrole nitrogens is 1. The molecule has 21 heavy (non-hydrogen) atoms. The van der Waals surface area contributed by atoms with Gasteiger partial charge in [-0.3, -0.25) is 4.79 Å². The summed E-state index contributed by atoms with van der Waals surface area (Å²) < 4.78 is 0. The molecule has 0 radical (unpaired) electrons. The van der Waals surface area contributed by atoms with Crippen LogP contribution in [-0.4, -0.2) is 27.3 Å². The van der Waals surface area contributed by atoms with Crippen LogP contribution < -0.4 is 0 Å². The molecule has 1 N–H and O–H groups in total. The molecule has 5 heteroatoms. The van der Waals surface area contributed by atoms with Crippen molar-refractivity contribution in [3.05, 3.63) is 52.0 Å². The number of rotatable bonds is 2. The molecule has 0 unspecified atom stereocenters. The Labute approximate surface area is 126 Å². The molecule has 0 spiro atoms. The number of nitrogens with one attached hydrogen (secondary N) is 1. The van der Waals surface area contributed by atoms with Crippen LogP contribution in [0, 0.1) is 0 Å². The molecular weight excluding hydrogens is 282 g/mol. The van der Waals surface area contributed by atoms with Crippen LogP contribution in [0.5, 0.6) is 0 Å². The quantitative estimate of drug-likeness (QED) is 0.790. The van der Waals surface area contributed by atoms with E-state index in [4.69, 9.17) is 0 Å². The van der Waals surface area contributed by atoms with Crippen LogP contribution in [0.2, 0.25) is 0 Å². The third-order valence-electron chi connectivity index (χ3n) is 4.05. The van der Waals surface area contributed by atoms with Crippen molar-refractivity contribution in [2.45, 2.75) is 19.4 Å². The zero-order valence-corrected chi connectivity index (χ0v) is 12.3. The molecule has 0 saturated carbocycles. The van der Waals surface area contributed by atoms with Gasteiger partial charge in [0.1, 0.15) is 5.65 Å². The molecule has 1 aliphatic rings. The first kappa shape index (κ1) is 12.6. The van der Waals surface area contributed by atoms with Gasteiger partial charge < -0.3 is 9.88 Å². The molecule has 3 aromatic rings. The first-order valence-corrected chi connectivity index (χ1v) is 7.93. The Morgan fingerprint density at radius 3 is 3.33 bits per heavy atom. The highest BCUT2D eigenvalue weighted by Gasteiger charge is 2.22. The first-order chi connectivity index (χ1) is 10.3. The monoisotopic (exact) mass is 297 g/mol. The van der Waals surface area contributed by atoms with Crippen LogP contribution in [0.25, 0.3) is 11.0 Å². The number of nitrogens with zero attached hydrogens (tertiary/aromatic N) is 2. The topological polar surface area (TPSA) is 49.0 Å². The molecule has 106 valence electrons. The number of thiophene rings is 1. The van der Waals surface area contributed by atoms with Crippen LogP contribution in [-0.2, 0) is 24.2 Å². The van der Waals surface area contributed by atoms with Gasteiger partial charge in [-0.1, -0.05) is 0 Å². The Balaban J connectivity index is 1.54. The fourth-order valence-electron chi connectivity index (χ4n) is 2.88. The van der Waals surface area contributed by atoms with Gasteiger partial charge in [0.15, 0.2) is 0 Å². The summed E-state index contributed by atoms with van der Waals surface area (Å²) in [7, 11) is 0. The summed E-state index contributed by atoms with van der Waals surface area (Å²) in [5, 5.41) is 3.16. The van der Waals surface area contributed by atoms with Crippen LogP contribution in [0.4, 0.5) is 0 Å². The number of carbonyl (C=O) groups excluding carboxylic acids is 1. The number of aromatic nitrogens is 2. The number of carbonyl (C=O) groups is 1. The highest BCUT2D eigenvalue weighted by molar-refractivity contribution is 7.10. The third-order valence-corrected chi connectivity index (χ3v) is 5.00. The second-order valence-corrected chi connectivity index (χ2v) is 6.33. The first-order valence-electron chi connectivity index (χ1n) is 7.05. The molecule has 0 aromatic carbocycles. The molecule has 0 fully saturated rings. The molecule has 3 aromatic heterocycles. The van der Waals surface area contributed by atoms with E-state index in [9.17, 15) is 4.79 Å². The Kier molecular flexibility index (Phi) is 3.00. The van der Waals surface area contributed by atoms with E-state index in [1.54, 1.807) is 17.5 Å². The maximum atomic E-state index is 12.5. The highest BCUT2D eigenvalue weighted by Crippen LogP contribution is 2.25. The molecule has 4 nitrogen and oxygen atoms in total. The van der Waals surface area contributed by atoms with E-state index < -0.39 is 0 Å². The van der Waals surface area contributed by atoms with Crippen molar-refractivity contribution in [3.63, 3.8) is 0 Å². The Bertz CT molecular complexity index is 805. The van der Waals surface area contributed by atoms with E-state index in [2.05, 4.69) is 21.4 Å². The summed E-state index contributed by atoms with van der Waals surface area (Å²) in [6, 6.07) is 6.09. The lowest BCUT2D eigenvalue weighted by atomic mass is 10.1. The molecule has 4 rings (SSSR count). The van der Waals surface area contributed by atoms with Gasteiger partial charge in [-0.05, 0) is 41.1 Å². The smallest absolute Gasteiger partial charge is 0.227 e. The van der Waals surface area contributed by atoms with Crippen molar-refractivity contribution in [3.8, 4) is 0 Å². The van der Waals surface area contributed by atoms with E-state index >= 15 is 0 Å². The molecule has 0 bridgehead atoms. The lowest BCUT2D eigenvalue weighted by molar-refractivity contribution is -0.131. The minimum Gasteiger partial charge on any atom is -0.346 e. The lowest BCUT2D eigenvalue weighted by Gasteiger charge is -2.26. The fourth-order valence-corrected chi connectivity index (χ4v) is 3.83. The van der Waals surface area contributed by atoms with Gasteiger partial charge in [-0.2, -0.15) is 0 Å². The normalized spacial score (nSPS) is 14.4. The maximum absolute atomic E-state index is 12.5. The van der Waals surface area contributed by atoms with Crippen molar-refractivity contribution < 1.29 is 4.79 Å². The van der Waals surface area contributed by atoms with Gasteiger partial charge in [-0.25, -0.2) is 4.98 Å². The molecule has 0 atom stereocenters. The highest BCUT2D eigenvalue weighted by atomic mass is 32.1. The van der Waals surface area contributed by atoms with Crippen LogP contribution in [0.3, 0.4) is 0 Å². The van der Waals surface area contributed by atoms with Gasteiger partial charge in [0.05, 0.1) is 13.0 Å². The Morgan fingerprint density at radius 1 is 1.43 bits per heavy atom. The Hall–Kier alpha value is -2.14. The van der Waals surface area contributed by atoms with E-state index in [0.29, 0.717) is 6.42 Å². The second-order valence-electron chi connectivity index (χ2n) is 5.32. The largest absolute Gasteiger partial charge is 0.346 e. The molecule has 1 amide bonds. The maximum Gasteiger partial charge on any atom is 0.227 e. The van der Waals surface area contributed by atoms with Crippen molar-refractivity contribution >= 4 is 28.3 Å². The van der Waals surface area contributed by atoms with Gasteiger partial charge in [0, 0.05) is 29.2 Å². The van der Waals surface area contributed by atoms with Gasteiger partial charge in [0.2, 0.25) is 5.91 Å². The van der Waals surface area contributed by atoms with Crippen LogP contribution >= 0.6 is 11.3 Å². The lowest BCUT2D eigenvalue weighted by Crippen LogP contribution is -2.36. The van der Waals surface area contributed by atoms with Crippen molar-refractivity contribution in [2.24, 2.45) is 0 Å². The fraction of sp³-hybridized carbons (Fsp3) is 0.250. The number of amides is 1. The van der Waals surface area contributed by atoms with Crippen LogP contribution in [0.15, 0.2) is 36.0 Å². The number of hydrogen-bond donors (Lipinski definition) is 1. The summed E-state index contributed by atoms with van der Waals surface area (Å²) in [5.74, 6) is 0.193. The summed E-state index contributed by atoms with van der Waals surface area (Å²) in [6.45, 7) is 1.58. The summed E-state index contributed by atoms with van der Waals surface area (Å²) in [6.07, 6.45) is 5.07. The molecular formula is C16H15N3OS. The average Bonchev–Trinajstić information content (AvgIpc) is 3.13. The van der Waals surface area contributed by atoms with Crippen molar-refractivity contribution in [1.82, 2.24) is 14.9 Å². The average molecular weight is 297 g/mol. The number of fused-ring (bicyclic) bond motifs is 2. The SMILES string of the molecule is O=C(Cc1c[nH]c2ncccc12)N1CCc2ccsc2C1. The molecule has 0 saturated heterocycles. The summed E-state index contributed by atoms with van der Waals surface area (Å²) in [5.41, 5.74) is 3.28. The second kappa shape index (κ2) is 5.00. The standard InChI is InChI=1S/C16H15N3OS/c20-15(19-6-3-11-4-7-21-14(11)10-19)8-12-9-18-16-13(12)2-1-5-17-16/h1-2,4-5,7,9H,3,6,8,10H2,(H,17,18).